The maximum absolute atomic E-state index is 13.6. The summed E-state index contributed by atoms with van der Waals surface area (Å²) in [5.74, 6) is -1.58. The first-order valence-electron chi connectivity index (χ1n) is 6.87. The van der Waals surface area contributed by atoms with Crippen molar-refractivity contribution < 1.29 is 22.4 Å². The van der Waals surface area contributed by atoms with Crippen LogP contribution in [0.1, 0.15) is 11.6 Å². The first-order valence-corrected chi connectivity index (χ1v) is 7.25. The third-order valence-electron chi connectivity index (χ3n) is 3.13. The van der Waals surface area contributed by atoms with Crippen molar-refractivity contribution >= 4 is 23.2 Å². The van der Waals surface area contributed by atoms with E-state index < -0.39 is 30.5 Å². The van der Waals surface area contributed by atoms with Gasteiger partial charge in [0, 0.05) is 5.02 Å². The second-order valence-corrected chi connectivity index (χ2v) is 5.37. The van der Waals surface area contributed by atoms with Gasteiger partial charge in [-0.05, 0) is 23.8 Å². The molecule has 0 heterocycles. The van der Waals surface area contributed by atoms with Gasteiger partial charge < -0.3 is 5.32 Å². The van der Waals surface area contributed by atoms with E-state index in [0.717, 1.165) is 6.07 Å². The minimum absolute atomic E-state index is 0.0181. The summed E-state index contributed by atoms with van der Waals surface area (Å²) in [7, 11) is 0. The zero-order valence-corrected chi connectivity index (χ0v) is 13.0. The fourth-order valence-electron chi connectivity index (χ4n) is 2.05. The topological polar surface area (TPSA) is 41.1 Å². The third-order valence-corrected chi connectivity index (χ3v) is 3.37. The minimum atomic E-state index is -4.58. The summed E-state index contributed by atoms with van der Waals surface area (Å²) in [4.78, 5) is 11.8. The first-order chi connectivity index (χ1) is 11.3. The van der Waals surface area contributed by atoms with Crippen molar-refractivity contribution in [3.8, 4) is 0 Å². The number of carbonyl (C=O) groups excluding carboxylic acids is 1. The highest BCUT2D eigenvalue weighted by molar-refractivity contribution is 6.30. The molecule has 24 heavy (non-hydrogen) atoms. The normalized spacial score (nSPS) is 12.7. The third kappa shape index (κ3) is 4.94. The molecule has 0 bridgehead atoms. The Morgan fingerprint density at radius 2 is 1.79 bits per heavy atom. The molecule has 0 saturated carbocycles. The molecule has 3 nitrogen and oxygen atoms in total. The molecular formula is C16H13ClF4N2O. The van der Waals surface area contributed by atoms with E-state index >= 15 is 0 Å². The van der Waals surface area contributed by atoms with Crippen LogP contribution in [-0.4, -0.2) is 18.6 Å². The summed E-state index contributed by atoms with van der Waals surface area (Å²) in [6, 6.07) is 8.73. The summed E-state index contributed by atoms with van der Waals surface area (Å²) in [6.45, 7) is -0.638. The molecule has 0 aliphatic carbocycles. The number of benzene rings is 2. The van der Waals surface area contributed by atoms with Gasteiger partial charge in [-0.15, -0.1) is 0 Å². The van der Waals surface area contributed by atoms with Crippen LogP contribution in [0.15, 0.2) is 48.5 Å². The van der Waals surface area contributed by atoms with Gasteiger partial charge in [0.1, 0.15) is 11.9 Å². The molecule has 0 aliphatic heterocycles. The number of anilines is 1. The van der Waals surface area contributed by atoms with E-state index in [9.17, 15) is 22.4 Å². The first kappa shape index (κ1) is 18.2. The number of halogens is 5. The van der Waals surface area contributed by atoms with Gasteiger partial charge in [0.2, 0.25) is 5.91 Å². The predicted octanol–water partition coefficient (Wildman–Crippen LogP) is 4.31. The van der Waals surface area contributed by atoms with Crippen molar-refractivity contribution in [2.75, 3.05) is 11.9 Å². The molecule has 0 aromatic heterocycles. The van der Waals surface area contributed by atoms with Crippen molar-refractivity contribution in [3.63, 3.8) is 0 Å². The molecule has 1 atom stereocenters. The zero-order valence-electron chi connectivity index (χ0n) is 12.2. The molecule has 2 aromatic rings. The Kier molecular flexibility index (Phi) is 5.80. The molecule has 0 spiro atoms. The SMILES string of the molecule is O=C(CN[C@H](c1ccccc1)C(F)(F)F)Nc1ccc(Cl)cc1F. The predicted molar refractivity (Wildman–Crippen MR) is 83.3 cm³/mol. The van der Waals surface area contributed by atoms with Gasteiger partial charge in [-0.1, -0.05) is 41.9 Å². The maximum atomic E-state index is 13.6. The van der Waals surface area contributed by atoms with Crippen molar-refractivity contribution in [3.05, 3.63) is 64.9 Å². The van der Waals surface area contributed by atoms with Crippen LogP contribution in [0.4, 0.5) is 23.2 Å². The van der Waals surface area contributed by atoms with Crippen molar-refractivity contribution in [2.45, 2.75) is 12.2 Å². The van der Waals surface area contributed by atoms with Crippen LogP contribution >= 0.6 is 11.6 Å². The number of hydrogen-bond acceptors (Lipinski definition) is 2. The highest BCUT2D eigenvalue weighted by Crippen LogP contribution is 2.32. The van der Waals surface area contributed by atoms with Crippen LogP contribution in [0, 0.1) is 5.82 Å². The van der Waals surface area contributed by atoms with Gasteiger partial charge in [0.25, 0.3) is 0 Å². The lowest BCUT2D eigenvalue weighted by atomic mass is 10.1. The van der Waals surface area contributed by atoms with E-state index in [2.05, 4.69) is 10.6 Å². The molecule has 0 fully saturated rings. The minimum Gasteiger partial charge on any atom is -0.322 e. The van der Waals surface area contributed by atoms with E-state index in [4.69, 9.17) is 11.6 Å². The Balaban J connectivity index is 2.02. The Bertz CT molecular complexity index is 707. The summed E-state index contributed by atoms with van der Waals surface area (Å²) in [6.07, 6.45) is -4.58. The van der Waals surface area contributed by atoms with E-state index in [0.29, 0.717) is 0 Å². The highest BCUT2D eigenvalue weighted by atomic mass is 35.5. The maximum Gasteiger partial charge on any atom is 0.407 e. The van der Waals surface area contributed by atoms with Gasteiger partial charge >= 0.3 is 6.18 Å². The number of rotatable bonds is 5. The molecule has 128 valence electrons. The molecule has 2 N–H and O–H groups in total. The number of carbonyl (C=O) groups is 1. The summed E-state index contributed by atoms with van der Waals surface area (Å²) < 4.78 is 52.9. The van der Waals surface area contributed by atoms with Crippen molar-refractivity contribution in [1.29, 1.82) is 0 Å². The second kappa shape index (κ2) is 7.63. The molecule has 1 amide bonds. The second-order valence-electron chi connectivity index (χ2n) is 4.94. The average molecular weight is 361 g/mol. The molecule has 8 heteroatoms. The van der Waals surface area contributed by atoms with Crippen LogP contribution < -0.4 is 10.6 Å². The standard InChI is InChI=1S/C16H13ClF4N2O/c17-11-6-7-13(12(18)8-11)23-14(24)9-22-15(16(19,20)21)10-4-2-1-3-5-10/h1-8,15,22H,9H2,(H,23,24)/t15-/m1/s1. The lowest BCUT2D eigenvalue weighted by Crippen LogP contribution is -2.38. The van der Waals surface area contributed by atoms with Crippen LogP contribution in [0.25, 0.3) is 0 Å². The Morgan fingerprint density at radius 1 is 1.12 bits per heavy atom. The number of hydrogen-bond donors (Lipinski definition) is 2. The smallest absolute Gasteiger partial charge is 0.322 e. The molecule has 0 unspecified atom stereocenters. The fraction of sp³-hybridized carbons (Fsp3) is 0.188. The number of alkyl halides is 3. The Morgan fingerprint density at radius 3 is 2.38 bits per heavy atom. The molecular weight excluding hydrogens is 348 g/mol. The van der Waals surface area contributed by atoms with Crippen molar-refractivity contribution in [2.24, 2.45) is 0 Å². The van der Waals surface area contributed by atoms with Gasteiger partial charge in [-0.3, -0.25) is 10.1 Å². The summed E-state index contributed by atoms with van der Waals surface area (Å²) >= 11 is 5.58. The van der Waals surface area contributed by atoms with Crippen LogP contribution in [0.5, 0.6) is 0 Å². The van der Waals surface area contributed by atoms with Gasteiger partial charge in [0.15, 0.2) is 0 Å². The molecule has 0 radical (unpaired) electrons. The van der Waals surface area contributed by atoms with E-state index in [1.54, 1.807) is 6.07 Å². The number of nitrogens with one attached hydrogen (secondary N) is 2. The fourth-order valence-corrected chi connectivity index (χ4v) is 2.21. The summed E-state index contributed by atoms with van der Waals surface area (Å²) in [5, 5.41) is 4.48. The lowest BCUT2D eigenvalue weighted by Gasteiger charge is -2.22. The van der Waals surface area contributed by atoms with Crippen LogP contribution in [0.2, 0.25) is 5.02 Å². The quantitative estimate of drug-likeness (QED) is 0.780. The zero-order chi connectivity index (χ0) is 17.7. The van der Waals surface area contributed by atoms with Crippen molar-refractivity contribution in [1.82, 2.24) is 5.32 Å². The van der Waals surface area contributed by atoms with Gasteiger partial charge in [-0.2, -0.15) is 13.2 Å². The van der Waals surface area contributed by atoms with E-state index in [1.807, 2.05) is 0 Å². The summed E-state index contributed by atoms with van der Waals surface area (Å²) in [5.41, 5.74) is -0.176. The Labute approximate surface area is 140 Å². The van der Waals surface area contributed by atoms with Crippen LogP contribution in [0.3, 0.4) is 0 Å². The molecule has 2 rings (SSSR count). The van der Waals surface area contributed by atoms with Gasteiger partial charge in [0.05, 0.1) is 12.2 Å². The van der Waals surface area contributed by atoms with Gasteiger partial charge in [-0.25, -0.2) is 4.39 Å². The van der Waals surface area contributed by atoms with E-state index in [1.165, 1.54) is 36.4 Å². The monoisotopic (exact) mass is 360 g/mol. The average Bonchev–Trinajstić information content (AvgIpc) is 2.50. The molecule has 0 aliphatic rings. The molecule has 2 aromatic carbocycles. The lowest BCUT2D eigenvalue weighted by molar-refractivity contribution is -0.158. The Hall–Kier alpha value is -2.12. The highest BCUT2D eigenvalue weighted by Gasteiger charge is 2.40. The number of amides is 1. The molecule has 0 saturated heterocycles. The van der Waals surface area contributed by atoms with E-state index in [-0.39, 0.29) is 16.3 Å². The van der Waals surface area contributed by atoms with Crippen LogP contribution in [-0.2, 0) is 4.79 Å². The largest absolute Gasteiger partial charge is 0.407 e.